The van der Waals surface area contributed by atoms with Crippen molar-refractivity contribution < 1.29 is 14.4 Å². The van der Waals surface area contributed by atoms with E-state index in [1.54, 1.807) is 27.8 Å². The lowest BCUT2D eigenvalue weighted by molar-refractivity contribution is -0.128. The van der Waals surface area contributed by atoms with Crippen molar-refractivity contribution in [2.24, 2.45) is 0 Å². The number of aromatic nitrogens is 1. The van der Waals surface area contributed by atoms with Crippen molar-refractivity contribution in [1.82, 2.24) is 20.1 Å². The van der Waals surface area contributed by atoms with Gasteiger partial charge in [-0.2, -0.15) is 0 Å². The molecule has 7 nitrogen and oxygen atoms in total. The van der Waals surface area contributed by atoms with Crippen LogP contribution in [0.1, 0.15) is 28.8 Å². The zero-order valence-corrected chi connectivity index (χ0v) is 18.8. The number of benzene rings is 2. The van der Waals surface area contributed by atoms with Crippen molar-refractivity contribution in [1.29, 1.82) is 0 Å². The highest BCUT2D eigenvalue weighted by Crippen LogP contribution is 2.35. The van der Waals surface area contributed by atoms with Crippen LogP contribution < -0.4 is 5.32 Å². The fraction of sp³-hybridized carbons (Fsp3) is 0.200. The van der Waals surface area contributed by atoms with Gasteiger partial charge in [-0.1, -0.05) is 31.4 Å². The lowest BCUT2D eigenvalue weighted by Gasteiger charge is -2.20. The van der Waals surface area contributed by atoms with Crippen molar-refractivity contribution in [2.75, 3.05) is 13.1 Å². The van der Waals surface area contributed by atoms with E-state index in [2.05, 4.69) is 23.5 Å². The zero-order valence-electron chi connectivity index (χ0n) is 18.0. The van der Waals surface area contributed by atoms with E-state index in [0.29, 0.717) is 18.7 Å². The molecule has 2 aliphatic rings. The molecule has 1 aromatic heterocycles. The lowest BCUT2D eigenvalue weighted by Crippen LogP contribution is -2.39. The maximum Gasteiger partial charge on any atom is 0.271 e. The van der Waals surface area contributed by atoms with E-state index < -0.39 is 5.91 Å². The van der Waals surface area contributed by atoms with Gasteiger partial charge >= 0.3 is 0 Å². The Balaban J connectivity index is 1.35. The van der Waals surface area contributed by atoms with Crippen LogP contribution in [-0.2, 0) is 16.1 Å². The number of thiazole rings is 1. The van der Waals surface area contributed by atoms with Gasteiger partial charge in [-0.3, -0.25) is 19.3 Å². The Morgan fingerprint density at radius 2 is 1.82 bits per heavy atom. The molecule has 0 aliphatic carbocycles. The second-order valence-electron chi connectivity index (χ2n) is 8.14. The standard InChI is InChI=1S/C25H22N4O3S/c1-15(24(31)28-10-3-4-11-28)27-23(30)16(2)29-13-20-18(6-5-7-19(20)25(29)32)17-8-9-22-21(12-17)26-14-33-22/h5-9,12,14H,1-4,10-11,13H2,(H,27,30). The molecular weight excluding hydrogens is 436 g/mol. The molecule has 0 atom stereocenters. The molecule has 0 bridgehead atoms. The minimum Gasteiger partial charge on any atom is -0.337 e. The average Bonchev–Trinajstić information content (AvgIpc) is 3.58. The molecule has 3 heterocycles. The molecular formula is C25H22N4O3S. The van der Waals surface area contributed by atoms with Gasteiger partial charge in [0.15, 0.2) is 0 Å². The number of nitrogens with zero attached hydrogens (tertiary/aromatic N) is 3. The van der Waals surface area contributed by atoms with Crippen LogP contribution in [0.25, 0.3) is 21.3 Å². The van der Waals surface area contributed by atoms with Gasteiger partial charge in [0.1, 0.15) is 5.70 Å². The molecule has 3 aromatic rings. The van der Waals surface area contributed by atoms with Crippen molar-refractivity contribution in [3.8, 4) is 11.1 Å². The van der Waals surface area contributed by atoms with Crippen LogP contribution >= 0.6 is 11.3 Å². The predicted molar refractivity (Wildman–Crippen MR) is 127 cm³/mol. The third-order valence-corrected chi connectivity index (χ3v) is 6.92. The molecule has 1 N–H and O–H groups in total. The summed E-state index contributed by atoms with van der Waals surface area (Å²) < 4.78 is 1.10. The molecule has 1 saturated heterocycles. The zero-order chi connectivity index (χ0) is 23.1. The Morgan fingerprint density at radius 3 is 2.61 bits per heavy atom. The number of carbonyl (C=O) groups excluding carboxylic acids is 3. The number of hydrogen-bond acceptors (Lipinski definition) is 5. The summed E-state index contributed by atoms with van der Waals surface area (Å²) in [5.41, 5.74) is 5.92. The van der Waals surface area contributed by atoms with Crippen LogP contribution in [0.3, 0.4) is 0 Å². The molecule has 33 heavy (non-hydrogen) atoms. The van der Waals surface area contributed by atoms with Crippen LogP contribution in [0, 0.1) is 0 Å². The summed E-state index contributed by atoms with van der Waals surface area (Å²) in [7, 11) is 0. The van der Waals surface area contributed by atoms with Gasteiger partial charge in [-0.05, 0) is 47.7 Å². The summed E-state index contributed by atoms with van der Waals surface area (Å²) in [6.07, 6.45) is 1.88. The second-order valence-corrected chi connectivity index (χ2v) is 9.02. The van der Waals surface area contributed by atoms with E-state index in [1.165, 1.54) is 4.90 Å². The average molecular weight is 459 g/mol. The van der Waals surface area contributed by atoms with E-state index in [-0.39, 0.29) is 29.8 Å². The van der Waals surface area contributed by atoms with Crippen LogP contribution in [0.4, 0.5) is 0 Å². The summed E-state index contributed by atoms with van der Waals surface area (Å²) in [6, 6.07) is 11.6. The first kappa shape index (κ1) is 21.1. The first-order chi connectivity index (χ1) is 15.9. The molecule has 0 spiro atoms. The van der Waals surface area contributed by atoms with Gasteiger partial charge in [-0.15, -0.1) is 11.3 Å². The van der Waals surface area contributed by atoms with E-state index >= 15 is 0 Å². The fourth-order valence-electron chi connectivity index (χ4n) is 4.34. The number of nitrogens with one attached hydrogen (secondary N) is 1. The molecule has 2 aromatic carbocycles. The molecule has 166 valence electrons. The number of likely N-dealkylation sites (tertiary alicyclic amines) is 1. The minimum absolute atomic E-state index is 0.00975. The van der Waals surface area contributed by atoms with Crippen molar-refractivity contribution in [3.05, 3.63) is 77.6 Å². The number of carbonyl (C=O) groups is 3. The molecule has 0 unspecified atom stereocenters. The molecule has 0 saturated carbocycles. The second kappa shape index (κ2) is 8.29. The smallest absolute Gasteiger partial charge is 0.271 e. The fourth-order valence-corrected chi connectivity index (χ4v) is 5.00. The number of fused-ring (bicyclic) bond motifs is 2. The summed E-state index contributed by atoms with van der Waals surface area (Å²) in [6.45, 7) is 9.08. The highest BCUT2D eigenvalue weighted by atomic mass is 32.1. The Kier molecular flexibility index (Phi) is 5.30. The number of hydrogen-bond donors (Lipinski definition) is 1. The topological polar surface area (TPSA) is 82.6 Å². The third-order valence-electron chi connectivity index (χ3n) is 6.11. The van der Waals surface area contributed by atoms with Gasteiger partial charge < -0.3 is 10.2 Å². The van der Waals surface area contributed by atoms with Crippen LogP contribution in [0.15, 0.2) is 66.5 Å². The molecule has 8 heteroatoms. The Morgan fingerprint density at radius 1 is 1.06 bits per heavy atom. The van der Waals surface area contributed by atoms with Gasteiger partial charge in [0.25, 0.3) is 17.7 Å². The van der Waals surface area contributed by atoms with E-state index in [9.17, 15) is 14.4 Å². The normalized spacial score (nSPS) is 15.1. The number of rotatable bonds is 5. The summed E-state index contributed by atoms with van der Waals surface area (Å²) >= 11 is 1.58. The molecule has 3 amide bonds. The van der Waals surface area contributed by atoms with Crippen molar-refractivity contribution in [2.45, 2.75) is 19.4 Å². The largest absolute Gasteiger partial charge is 0.337 e. The molecule has 2 aliphatic heterocycles. The highest BCUT2D eigenvalue weighted by molar-refractivity contribution is 7.16. The van der Waals surface area contributed by atoms with E-state index in [1.807, 2.05) is 30.3 Å². The van der Waals surface area contributed by atoms with Crippen LogP contribution in [0.5, 0.6) is 0 Å². The van der Waals surface area contributed by atoms with Gasteiger partial charge in [0, 0.05) is 18.7 Å². The molecule has 1 fully saturated rings. The maximum absolute atomic E-state index is 13.1. The monoisotopic (exact) mass is 458 g/mol. The lowest BCUT2D eigenvalue weighted by atomic mass is 9.97. The Labute approximate surface area is 195 Å². The minimum atomic E-state index is -0.612. The predicted octanol–water partition coefficient (Wildman–Crippen LogP) is 3.69. The quantitative estimate of drug-likeness (QED) is 0.592. The molecule has 5 rings (SSSR count). The van der Waals surface area contributed by atoms with Crippen molar-refractivity contribution >= 4 is 39.3 Å². The SMILES string of the molecule is C=C(NC(=O)C(=C)N1Cc2c(cccc2-c2ccc3scnc3c2)C1=O)C(=O)N1CCCC1. The first-order valence-corrected chi connectivity index (χ1v) is 11.6. The summed E-state index contributed by atoms with van der Waals surface area (Å²) in [5, 5.41) is 2.52. The van der Waals surface area contributed by atoms with Crippen LogP contribution in [-0.4, -0.2) is 45.6 Å². The van der Waals surface area contributed by atoms with E-state index in [0.717, 1.165) is 39.7 Å². The van der Waals surface area contributed by atoms with Gasteiger partial charge in [-0.25, -0.2) is 4.98 Å². The first-order valence-electron chi connectivity index (χ1n) is 10.7. The van der Waals surface area contributed by atoms with Gasteiger partial charge in [0.2, 0.25) is 0 Å². The van der Waals surface area contributed by atoms with Crippen molar-refractivity contribution in [3.63, 3.8) is 0 Å². The number of amides is 3. The summed E-state index contributed by atoms with van der Waals surface area (Å²) in [5.74, 6) is -1.21. The van der Waals surface area contributed by atoms with E-state index in [4.69, 9.17) is 0 Å². The van der Waals surface area contributed by atoms with Gasteiger partial charge in [0.05, 0.1) is 28.0 Å². The Hall–Kier alpha value is -3.78. The third kappa shape index (κ3) is 3.72. The molecule has 0 radical (unpaired) electrons. The van der Waals surface area contributed by atoms with Crippen LogP contribution in [0.2, 0.25) is 0 Å². The highest BCUT2D eigenvalue weighted by Gasteiger charge is 2.34. The summed E-state index contributed by atoms with van der Waals surface area (Å²) in [4.78, 5) is 45.7. The maximum atomic E-state index is 13.1. The Bertz CT molecular complexity index is 1340.